The molecule has 2 aliphatic heterocycles. The van der Waals surface area contributed by atoms with Gasteiger partial charge in [-0.1, -0.05) is 24.3 Å². The van der Waals surface area contributed by atoms with Crippen LogP contribution in [0, 0.1) is 12.8 Å². The zero-order chi connectivity index (χ0) is 27.8. The molecule has 0 saturated carbocycles. The van der Waals surface area contributed by atoms with Crippen molar-refractivity contribution in [2.24, 2.45) is 5.92 Å². The smallest absolute Gasteiger partial charge is 0.416 e. The van der Waals surface area contributed by atoms with E-state index in [1.165, 1.54) is 11.0 Å². The van der Waals surface area contributed by atoms with Gasteiger partial charge in [0, 0.05) is 19.0 Å². The number of nitrogens with zero attached hydrogens (tertiary/aromatic N) is 2. The number of hydrogen-bond acceptors (Lipinski definition) is 5. The highest BCUT2D eigenvalue weighted by Crippen LogP contribution is 2.41. The number of carbonyl (C=O) groups excluding carboxylic acids is 1. The van der Waals surface area contributed by atoms with E-state index in [0.29, 0.717) is 38.8 Å². The first-order valence-electron chi connectivity index (χ1n) is 12.3. The van der Waals surface area contributed by atoms with E-state index in [-0.39, 0.29) is 23.3 Å². The van der Waals surface area contributed by atoms with Crippen molar-refractivity contribution in [1.82, 2.24) is 4.90 Å². The van der Waals surface area contributed by atoms with Crippen LogP contribution in [-0.4, -0.2) is 55.7 Å². The SMILES string of the molecule is Cc1ccccc1[C@H]1CC[C@@H](C(=O)O)N1C(=O)C1CCN(c2ccc(C(F)(F)F)cc2NS(C)(=O)=O)CC1. The van der Waals surface area contributed by atoms with Crippen LogP contribution < -0.4 is 9.62 Å². The van der Waals surface area contributed by atoms with Gasteiger partial charge in [0.1, 0.15) is 6.04 Å². The number of aryl methyl sites for hydroxylation is 1. The Kier molecular flexibility index (Phi) is 7.64. The van der Waals surface area contributed by atoms with Crippen molar-refractivity contribution >= 4 is 33.3 Å². The van der Waals surface area contributed by atoms with Crippen LogP contribution in [0.25, 0.3) is 0 Å². The number of alkyl halides is 3. The van der Waals surface area contributed by atoms with Gasteiger partial charge in [-0.3, -0.25) is 9.52 Å². The molecule has 2 heterocycles. The molecule has 0 aliphatic carbocycles. The summed E-state index contributed by atoms with van der Waals surface area (Å²) < 4.78 is 65.6. The monoisotopic (exact) mass is 553 g/mol. The second-order valence-electron chi connectivity index (χ2n) is 9.91. The van der Waals surface area contributed by atoms with Gasteiger partial charge >= 0.3 is 12.1 Å². The maximum absolute atomic E-state index is 13.7. The summed E-state index contributed by atoms with van der Waals surface area (Å²) in [6.07, 6.45) is -2.19. The molecule has 2 atom stereocenters. The number of benzene rings is 2. The predicted octanol–water partition coefficient (Wildman–Crippen LogP) is 4.42. The van der Waals surface area contributed by atoms with E-state index >= 15 is 0 Å². The lowest BCUT2D eigenvalue weighted by Crippen LogP contribution is -2.47. The molecule has 2 aromatic rings. The van der Waals surface area contributed by atoms with Gasteiger partial charge in [-0.05, 0) is 61.9 Å². The number of carbonyl (C=O) groups is 2. The summed E-state index contributed by atoms with van der Waals surface area (Å²) in [7, 11) is -3.85. The molecular weight excluding hydrogens is 523 g/mol. The topological polar surface area (TPSA) is 107 Å². The number of likely N-dealkylation sites (tertiary alicyclic amines) is 1. The third kappa shape index (κ3) is 5.90. The summed E-state index contributed by atoms with van der Waals surface area (Å²) >= 11 is 0. The second-order valence-corrected chi connectivity index (χ2v) is 11.7. The zero-order valence-electron chi connectivity index (χ0n) is 21.0. The van der Waals surface area contributed by atoms with Crippen LogP contribution in [0.5, 0.6) is 0 Å². The molecule has 38 heavy (non-hydrogen) atoms. The Morgan fingerprint density at radius 2 is 1.68 bits per heavy atom. The fraction of sp³-hybridized carbons (Fsp3) is 0.462. The minimum Gasteiger partial charge on any atom is -0.480 e. The quantitative estimate of drug-likeness (QED) is 0.549. The molecule has 8 nitrogen and oxygen atoms in total. The number of aliphatic carboxylic acids is 1. The Hall–Kier alpha value is -3.28. The van der Waals surface area contributed by atoms with Gasteiger partial charge in [-0.15, -0.1) is 0 Å². The standard InChI is InChI=1S/C26H30F3N3O5S/c1-16-5-3-4-6-19(16)21-9-10-23(25(34)35)32(21)24(33)17-11-13-31(14-12-17)22-8-7-18(26(27,28)29)15-20(22)30-38(2,36)37/h3-8,15,17,21,23,30H,9-14H2,1-2H3,(H,34,35)/t21-,23+/m1/s1. The van der Waals surface area contributed by atoms with Crippen LogP contribution >= 0.6 is 0 Å². The van der Waals surface area contributed by atoms with E-state index < -0.39 is 39.7 Å². The Balaban J connectivity index is 1.55. The minimum absolute atomic E-state index is 0.183. The fourth-order valence-corrected chi connectivity index (χ4v) is 6.04. The highest BCUT2D eigenvalue weighted by molar-refractivity contribution is 7.92. The van der Waals surface area contributed by atoms with Gasteiger partial charge in [0.25, 0.3) is 0 Å². The second kappa shape index (κ2) is 10.5. The largest absolute Gasteiger partial charge is 0.480 e. The van der Waals surface area contributed by atoms with E-state index in [9.17, 15) is 36.3 Å². The van der Waals surface area contributed by atoms with Gasteiger partial charge in [-0.25, -0.2) is 13.2 Å². The first-order chi connectivity index (χ1) is 17.8. The van der Waals surface area contributed by atoms with Crippen LogP contribution in [0.15, 0.2) is 42.5 Å². The van der Waals surface area contributed by atoms with Gasteiger partial charge in [0.2, 0.25) is 15.9 Å². The summed E-state index contributed by atoms with van der Waals surface area (Å²) in [5.41, 5.74) is 1.02. The Morgan fingerprint density at radius 1 is 1.03 bits per heavy atom. The van der Waals surface area contributed by atoms with Crippen molar-refractivity contribution in [3.8, 4) is 0 Å². The lowest BCUT2D eigenvalue weighted by atomic mass is 9.92. The fourth-order valence-electron chi connectivity index (χ4n) is 5.47. The third-order valence-electron chi connectivity index (χ3n) is 7.28. The molecule has 4 rings (SSSR count). The normalized spacial score (nSPS) is 21.0. The lowest BCUT2D eigenvalue weighted by molar-refractivity contribution is -0.152. The maximum atomic E-state index is 13.7. The number of anilines is 2. The molecule has 206 valence electrons. The molecule has 0 radical (unpaired) electrons. The number of piperidine rings is 1. The van der Waals surface area contributed by atoms with Crippen LogP contribution in [0.3, 0.4) is 0 Å². The summed E-state index contributed by atoms with van der Waals surface area (Å²) in [6, 6.07) is 9.21. The molecule has 0 aromatic heterocycles. The predicted molar refractivity (Wildman–Crippen MR) is 136 cm³/mol. The summed E-state index contributed by atoms with van der Waals surface area (Å²) in [5, 5.41) is 9.82. The van der Waals surface area contributed by atoms with Crippen LogP contribution in [0.2, 0.25) is 0 Å². The molecule has 2 N–H and O–H groups in total. The molecule has 2 fully saturated rings. The van der Waals surface area contributed by atoms with Crippen LogP contribution in [0.4, 0.5) is 24.5 Å². The molecule has 2 saturated heterocycles. The number of halogens is 3. The van der Waals surface area contributed by atoms with Crippen molar-refractivity contribution < 1.29 is 36.3 Å². The molecular formula is C26H30F3N3O5S. The van der Waals surface area contributed by atoms with E-state index in [1.807, 2.05) is 31.2 Å². The first-order valence-corrected chi connectivity index (χ1v) is 14.2. The van der Waals surface area contributed by atoms with Crippen LogP contribution in [0.1, 0.15) is 48.4 Å². The first kappa shape index (κ1) is 27.7. The van der Waals surface area contributed by atoms with E-state index in [0.717, 1.165) is 29.5 Å². The van der Waals surface area contributed by atoms with Crippen molar-refractivity contribution in [1.29, 1.82) is 0 Å². The van der Waals surface area contributed by atoms with E-state index in [4.69, 9.17) is 0 Å². The molecule has 2 aliphatic rings. The van der Waals surface area contributed by atoms with Crippen LogP contribution in [-0.2, 0) is 25.8 Å². The Labute approximate surface area is 219 Å². The molecule has 0 bridgehead atoms. The molecule has 2 aromatic carbocycles. The molecule has 0 spiro atoms. The van der Waals surface area contributed by atoms with Gasteiger partial charge in [-0.2, -0.15) is 13.2 Å². The third-order valence-corrected chi connectivity index (χ3v) is 7.87. The Bertz CT molecular complexity index is 1320. The number of rotatable bonds is 6. The lowest BCUT2D eigenvalue weighted by Gasteiger charge is -2.38. The molecule has 0 unspecified atom stereocenters. The maximum Gasteiger partial charge on any atom is 0.416 e. The van der Waals surface area contributed by atoms with Crippen molar-refractivity contribution in [2.45, 2.75) is 50.9 Å². The average molecular weight is 554 g/mol. The zero-order valence-corrected chi connectivity index (χ0v) is 21.8. The van der Waals surface area contributed by atoms with Crippen molar-refractivity contribution in [2.75, 3.05) is 29.0 Å². The number of amides is 1. The van der Waals surface area contributed by atoms with Gasteiger partial charge in [0.05, 0.1) is 29.2 Å². The number of sulfonamides is 1. The van der Waals surface area contributed by atoms with E-state index in [1.54, 1.807) is 4.90 Å². The molecule has 12 heteroatoms. The highest BCUT2D eigenvalue weighted by Gasteiger charge is 2.44. The minimum atomic E-state index is -4.64. The summed E-state index contributed by atoms with van der Waals surface area (Å²) in [5.74, 6) is -1.75. The van der Waals surface area contributed by atoms with Crippen molar-refractivity contribution in [3.05, 3.63) is 59.2 Å². The summed E-state index contributed by atoms with van der Waals surface area (Å²) in [6.45, 7) is 2.51. The van der Waals surface area contributed by atoms with Gasteiger partial charge in [0.15, 0.2) is 0 Å². The molecule has 1 amide bonds. The number of carboxylic acids is 1. The average Bonchev–Trinajstić information content (AvgIpc) is 3.28. The number of carboxylic acid groups (broad SMARTS) is 1. The Morgan fingerprint density at radius 3 is 2.26 bits per heavy atom. The highest BCUT2D eigenvalue weighted by atomic mass is 32.2. The summed E-state index contributed by atoms with van der Waals surface area (Å²) in [4.78, 5) is 28.9. The number of hydrogen-bond donors (Lipinski definition) is 2. The van der Waals surface area contributed by atoms with Gasteiger partial charge < -0.3 is 14.9 Å². The van der Waals surface area contributed by atoms with E-state index in [2.05, 4.69) is 4.72 Å². The van der Waals surface area contributed by atoms with Crippen molar-refractivity contribution in [3.63, 3.8) is 0 Å². The number of nitrogens with one attached hydrogen (secondary N) is 1.